The first-order valence-electron chi connectivity index (χ1n) is 8.40. The van der Waals surface area contributed by atoms with Crippen LogP contribution in [0.3, 0.4) is 0 Å². The number of hydrogen-bond donors (Lipinski definition) is 2. The lowest BCUT2D eigenvalue weighted by molar-refractivity contribution is 0.0897. The summed E-state index contributed by atoms with van der Waals surface area (Å²) >= 11 is 0. The molecule has 5 nitrogen and oxygen atoms in total. The van der Waals surface area contributed by atoms with E-state index in [0.29, 0.717) is 18.0 Å². The highest BCUT2D eigenvalue weighted by molar-refractivity contribution is 5.96. The Morgan fingerprint density at radius 2 is 2.08 bits per heavy atom. The molecule has 2 aromatic heterocycles. The Hall–Kier alpha value is -2.14. The Labute approximate surface area is 144 Å². The van der Waals surface area contributed by atoms with Crippen LogP contribution in [0.5, 0.6) is 0 Å². The van der Waals surface area contributed by atoms with E-state index in [0.717, 1.165) is 23.6 Å². The van der Waals surface area contributed by atoms with Gasteiger partial charge in [0.1, 0.15) is 5.82 Å². The molecule has 0 bridgehead atoms. The van der Waals surface area contributed by atoms with E-state index in [1.54, 1.807) is 6.20 Å². The minimum absolute atomic E-state index is 0.0844. The summed E-state index contributed by atoms with van der Waals surface area (Å²) in [5.74, 6) is 1.19. The van der Waals surface area contributed by atoms with Gasteiger partial charge in [-0.05, 0) is 51.3 Å². The van der Waals surface area contributed by atoms with Crippen LogP contribution in [0.15, 0.2) is 30.5 Å². The molecule has 5 heteroatoms. The molecule has 1 amide bonds. The minimum atomic E-state index is -0.404. The zero-order chi connectivity index (χ0) is 17.9. The van der Waals surface area contributed by atoms with Crippen molar-refractivity contribution in [1.82, 2.24) is 14.9 Å². The molecule has 2 heterocycles. The van der Waals surface area contributed by atoms with E-state index in [-0.39, 0.29) is 5.91 Å². The van der Waals surface area contributed by atoms with Gasteiger partial charge in [0.25, 0.3) is 5.91 Å². The number of carbonyl (C=O) groups excluding carboxylic acids is 1. The molecule has 24 heavy (non-hydrogen) atoms. The highest BCUT2D eigenvalue weighted by Crippen LogP contribution is 2.21. The minimum Gasteiger partial charge on any atom is -0.346 e. The van der Waals surface area contributed by atoms with Crippen molar-refractivity contribution in [2.24, 2.45) is 11.7 Å². The zero-order valence-corrected chi connectivity index (χ0v) is 15.3. The van der Waals surface area contributed by atoms with Gasteiger partial charge in [-0.2, -0.15) is 0 Å². The number of pyridine rings is 1. The number of aryl methyl sites for hydroxylation is 1. The van der Waals surface area contributed by atoms with Crippen molar-refractivity contribution in [3.8, 4) is 5.82 Å². The summed E-state index contributed by atoms with van der Waals surface area (Å²) in [5, 5.41) is 3.13. The second kappa shape index (κ2) is 7.18. The number of nitrogens with zero attached hydrogens (tertiary/aromatic N) is 2. The van der Waals surface area contributed by atoms with Crippen LogP contribution in [0.25, 0.3) is 5.82 Å². The summed E-state index contributed by atoms with van der Waals surface area (Å²) < 4.78 is 2.00. The predicted molar refractivity (Wildman–Crippen MR) is 97.4 cm³/mol. The molecule has 2 aromatic rings. The maximum atomic E-state index is 12.8. The monoisotopic (exact) mass is 328 g/mol. The summed E-state index contributed by atoms with van der Waals surface area (Å²) in [4.78, 5) is 17.2. The molecule has 0 radical (unpaired) electrons. The van der Waals surface area contributed by atoms with Gasteiger partial charge in [-0.15, -0.1) is 0 Å². The second-order valence-electron chi connectivity index (χ2n) is 7.13. The predicted octanol–water partition coefficient (Wildman–Crippen LogP) is 2.98. The van der Waals surface area contributed by atoms with Crippen LogP contribution in [0.1, 0.15) is 48.9 Å². The fourth-order valence-electron chi connectivity index (χ4n) is 3.26. The first kappa shape index (κ1) is 18.2. The van der Waals surface area contributed by atoms with E-state index in [9.17, 15) is 4.79 Å². The number of carbonyl (C=O) groups is 1. The lowest BCUT2D eigenvalue weighted by Gasteiger charge is -2.31. The summed E-state index contributed by atoms with van der Waals surface area (Å²) in [7, 11) is 0. The first-order valence-corrected chi connectivity index (χ1v) is 8.40. The van der Waals surface area contributed by atoms with Crippen molar-refractivity contribution in [3.63, 3.8) is 0 Å². The van der Waals surface area contributed by atoms with E-state index < -0.39 is 5.54 Å². The van der Waals surface area contributed by atoms with E-state index in [2.05, 4.69) is 24.1 Å². The normalized spacial score (nSPS) is 13.8. The number of nitrogens with two attached hydrogens (primary N) is 1. The van der Waals surface area contributed by atoms with E-state index in [1.807, 2.05) is 49.6 Å². The number of hydrogen-bond acceptors (Lipinski definition) is 3. The maximum absolute atomic E-state index is 12.8. The van der Waals surface area contributed by atoms with Gasteiger partial charge in [-0.1, -0.05) is 19.9 Å². The van der Waals surface area contributed by atoms with E-state index in [4.69, 9.17) is 5.73 Å². The Bertz CT molecular complexity index is 706. The Morgan fingerprint density at radius 3 is 2.62 bits per heavy atom. The van der Waals surface area contributed by atoms with Crippen LogP contribution in [-0.2, 0) is 0 Å². The van der Waals surface area contributed by atoms with Gasteiger partial charge >= 0.3 is 0 Å². The topological polar surface area (TPSA) is 72.9 Å². The summed E-state index contributed by atoms with van der Waals surface area (Å²) in [5.41, 5.74) is 8.04. The van der Waals surface area contributed by atoms with Crippen LogP contribution >= 0.6 is 0 Å². The molecule has 0 saturated heterocycles. The van der Waals surface area contributed by atoms with Crippen molar-refractivity contribution < 1.29 is 4.79 Å². The van der Waals surface area contributed by atoms with E-state index >= 15 is 0 Å². The molecular formula is C19H28N4O. The van der Waals surface area contributed by atoms with Crippen molar-refractivity contribution in [3.05, 3.63) is 47.4 Å². The van der Waals surface area contributed by atoms with Crippen LogP contribution in [-0.4, -0.2) is 27.5 Å². The fourth-order valence-corrected chi connectivity index (χ4v) is 3.26. The zero-order valence-electron chi connectivity index (χ0n) is 15.3. The van der Waals surface area contributed by atoms with Gasteiger partial charge in [0.2, 0.25) is 0 Å². The first-order chi connectivity index (χ1) is 11.3. The third kappa shape index (κ3) is 3.85. The van der Waals surface area contributed by atoms with E-state index in [1.165, 1.54) is 0 Å². The molecule has 0 aliphatic rings. The number of nitrogens with one attached hydrogen (secondary N) is 1. The standard InChI is InChI=1S/C19H28N4O/c1-13(2)11-19(5,12-20)22-18(24)16-10-14(3)23(15(16)4)17-8-6-7-9-21-17/h6-10,13H,11-12,20H2,1-5H3,(H,22,24). The molecule has 0 aliphatic carbocycles. The van der Waals surface area contributed by atoms with Gasteiger partial charge in [0.05, 0.1) is 5.56 Å². The Morgan fingerprint density at radius 1 is 1.38 bits per heavy atom. The summed E-state index contributed by atoms with van der Waals surface area (Å²) in [6.07, 6.45) is 2.59. The van der Waals surface area contributed by atoms with Crippen LogP contribution < -0.4 is 11.1 Å². The molecule has 2 rings (SSSR count). The van der Waals surface area contributed by atoms with Crippen molar-refractivity contribution >= 4 is 5.91 Å². The number of rotatable bonds is 6. The van der Waals surface area contributed by atoms with Crippen LogP contribution in [0.2, 0.25) is 0 Å². The van der Waals surface area contributed by atoms with Gasteiger partial charge in [-0.25, -0.2) is 4.98 Å². The summed E-state index contributed by atoms with van der Waals surface area (Å²) in [6.45, 7) is 10.6. The van der Waals surface area contributed by atoms with Gasteiger partial charge < -0.3 is 15.6 Å². The molecule has 1 atom stereocenters. The van der Waals surface area contributed by atoms with Gasteiger partial charge in [-0.3, -0.25) is 4.79 Å². The molecule has 0 saturated carbocycles. The molecule has 1 unspecified atom stereocenters. The highest BCUT2D eigenvalue weighted by Gasteiger charge is 2.28. The highest BCUT2D eigenvalue weighted by atomic mass is 16.1. The van der Waals surface area contributed by atoms with Gasteiger partial charge in [0.15, 0.2) is 0 Å². The average molecular weight is 328 g/mol. The van der Waals surface area contributed by atoms with Crippen molar-refractivity contribution in [2.75, 3.05) is 6.54 Å². The fraction of sp³-hybridized carbons (Fsp3) is 0.474. The molecule has 3 N–H and O–H groups in total. The molecule has 0 fully saturated rings. The number of amides is 1. The molecule has 0 spiro atoms. The van der Waals surface area contributed by atoms with Crippen molar-refractivity contribution in [2.45, 2.75) is 46.6 Å². The Kier molecular flexibility index (Phi) is 5.44. The molecule has 0 aliphatic heterocycles. The average Bonchev–Trinajstić information content (AvgIpc) is 2.82. The number of aromatic nitrogens is 2. The second-order valence-corrected chi connectivity index (χ2v) is 7.13. The largest absolute Gasteiger partial charge is 0.346 e. The van der Waals surface area contributed by atoms with Crippen LogP contribution in [0.4, 0.5) is 0 Å². The summed E-state index contributed by atoms with van der Waals surface area (Å²) in [6, 6.07) is 7.66. The Balaban J connectivity index is 2.31. The third-order valence-corrected chi connectivity index (χ3v) is 4.28. The lowest BCUT2D eigenvalue weighted by Crippen LogP contribution is -2.52. The molecular weight excluding hydrogens is 300 g/mol. The SMILES string of the molecule is Cc1cc(C(=O)NC(C)(CN)CC(C)C)c(C)n1-c1ccccn1. The van der Waals surface area contributed by atoms with Crippen LogP contribution in [0, 0.1) is 19.8 Å². The van der Waals surface area contributed by atoms with Gasteiger partial charge in [0, 0.05) is 29.7 Å². The maximum Gasteiger partial charge on any atom is 0.253 e. The van der Waals surface area contributed by atoms with Crippen molar-refractivity contribution in [1.29, 1.82) is 0 Å². The smallest absolute Gasteiger partial charge is 0.253 e. The quantitative estimate of drug-likeness (QED) is 0.856. The lowest BCUT2D eigenvalue weighted by atomic mass is 9.90. The molecule has 0 aromatic carbocycles. The molecule has 130 valence electrons. The third-order valence-electron chi connectivity index (χ3n) is 4.28.